The molecule has 0 aliphatic carbocycles. The summed E-state index contributed by atoms with van der Waals surface area (Å²) in [5, 5.41) is 8.93. The Hall–Kier alpha value is -2.54. The van der Waals surface area contributed by atoms with Crippen molar-refractivity contribution >= 4 is 5.97 Å². The Balaban J connectivity index is 1.78. The van der Waals surface area contributed by atoms with Gasteiger partial charge in [-0.15, -0.1) is 0 Å². The van der Waals surface area contributed by atoms with E-state index in [-0.39, 0.29) is 11.6 Å². The van der Waals surface area contributed by atoms with Crippen LogP contribution in [0.15, 0.2) is 30.7 Å². The van der Waals surface area contributed by atoms with Gasteiger partial charge in [-0.25, -0.2) is 19.7 Å². The highest BCUT2D eigenvalue weighted by atomic mass is 16.5. The number of methoxy groups -OCH3 is 1. The second-order valence-electron chi connectivity index (χ2n) is 5.44. The Kier molecular flexibility index (Phi) is 4.47. The lowest BCUT2D eigenvalue weighted by Crippen LogP contribution is -2.24. The minimum absolute atomic E-state index is 0.0859. The average molecular weight is 314 g/mol. The summed E-state index contributed by atoms with van der Waals surface area (Å²) in [5.41, 5.74) is 1.12. The lowest BCUT2D eigenvalue weighted by atomic mass is 10.2. The molecule has 1 aliphatic heterocycles. The molecule has 7 heteroatoms. The van der Waals surface area contributed by atoms with E-state index >= 15 is 0 Å². The summed E-state index contributed by atoms with van der Waals surface area (Å²) in [6.45, 7) is 1.64. The monoisotopic (exact) mass is 314 g/mol. The molecule has 0 amide bonds. The van der Waals surface area contributed by atoms with Crippen molar-refractivity contribution in [3.05, 3.63) is 47.7 Å². The maximum Gasteiger partial charge on any atom is 0.338 e. The third-order valence-corrected chi connectivity index (χ3v) is 4.00. The van der Waals surface area contributed by atoms with E-state index < -0.39 is 5.97 Å². The molecule has 1 aliphatic rings. The number of carboxylic acids is 1. The number of pyridine rings is 1. The molecule has 1 atom stereocenters. The topological polar surface area (TPSA) is 88.4 Å². The SMILES string of the molecule is COc1ncccc1CN1CCCC1c1ncc(C(=O)O)cn1. The van der Waals surface area contributed by atoms with Crippen LogP contribution in [0.25, 0.3) is 0 Å². The molecule has 23 heavy (non-hydrogen) atoms. The van der Waals surface area contributed by atoms with Gasteiger partial charge in [0.05, 0.1) is 18.7 Å². The number of likely N-dealkylation sites (tertiary alicyclic amines) is 1. The number of nitrogens with zero attached hydrogens (tertiary/aromatic N) is 4. The van der Waals surface area contributed by atoms with Crippen molar-refractivity contribution < 1.29 is 14.6 Å². The normalized spacial score (nSPS) is 18.0. The van der Waals surface area contributed by atoms with E-state index in [1.54, 1.807) is 13.3 Å². The number of ether oxygens (including phenoxy) is 1. The summed E-state index contributed by atoms with van der Waals surface area (Å²) in [7, 11) is 1.61. The van der Waals surface area contributed by atoms with Gasteiger partial charge in [-0.2, -0.15) is 0 Å². The molecule has 2 aromatic heterocycles. The second-order valence-corrected chi connectivity index (χ2v) is 5.44. The molecular weight excluding hydrogens is 296 g/mol. The summed E-state index contributed by atoms with van der Waals surface area (Å²) in [5.74, 6) is 0.274. The number of hydrogen-bond donors (Lipinski definition) is 1. The van der Waals surface area contributed by atoms with Gasteiger partial charge in [-0.3, -0.25) is 4.90 Å². The molecule has 3 heterocycles. The van der Waals surface area contributed by atoms with Crippen LogP contribution in [-0.4, -0.2) is 44.6 Å². The zero-order valence-corrected chi connectivity index (χ0v) is 12.8. The summed E-state index contributed by atoms with van der Waals surface area (Å²) in [4.78, 5) is 25.9. The van der Waals surface area contributed by atoms with Crippen LogP contribution in [-0.2, 0) is 6.54 Å². The van der Waals surface area contributed by atoms with E-state index in [2.05, 4.69) is 19.9 Å². The quantitative estimate of drug-likeness (QED) is 0.901. The van der Waals surface area contributed by atoms with Crippen LogP contribution >= 0.6 is 0 Å². The van der Waals surface area contributed by atoms with Crippen molar-refractivity contribution in [3.8, 4) is 5.88 Å². The maximum absolute atomic E-state index is 10.9. The van der Waals surface area contributed by atoms with E-state index in [0.717, 1.165) is 24.9 Å². The molecule has 7 nitrogen and oxygen atoms in total. The first-order valence-corrected chi connectivity index (χ1v) is 7.46. The van der Waals surface area contributed by atoms with Crippen LogP contribution in [0.1, 0.15) is 40.6 Å². The highest BCUT2D eigenvalue weighted by Crippen LogP contribution is 2.32. The highest BCUT2D eigenvalue weighted by Gasteiger charge is 2.29. The molecule has 0 saturated carbocycles. The largest absolute Gasteiger partial charge is 0.481 e. The summed E-state index contributed by atoms with van der Waals surface area (Å²) in [6, 6.07) is 3.97. The molecule has 2 aromatic rings. The molecule has 0 radical (unpaired) electrons. The number of carbonyl (C=O) groups is 1. The van der Waals surface area contributed by atoms with Gasteiger partial charge in [-0.05, 0) is 25.5 Å². The minimum atomic E-state index is -1.01. The highest BCUT2D eigenvalue weighted by molar-refractivity contribution is 5.86. The zero-order valence-electron chi connectivity index (χ0n) is 12.8. The van der Waals surface area contributed by atoms with Crippen molar-refractivity contribution in [3.63, 3.8) is 0 Å². The Bertz CT molecular complexity index is 690. The molecule has 1 saturated heterocycles. The third kappa shape index (κ3) is 3.29. The smallest absolute Gasteiger partial charge is 0.338 e. The van der Waals surface area contributed by atoms with Crippen LogP contribution in [0.3, 0.4) is 0 Å². The standard InChI is InChI=1S/C16H18N4O3/c1-23-15-11(4-2-6-17-15)10-20-7-3-5-13(20)14-18-8-12(9-19-14)16(21)22/h2,4,6,8-9,13H,3,5,7,10H2,1H3,(H,21,22). The van der Waals surface area contributed by atoms with E-state index in [1.165, 1.54) is 12.4 Å². The number of hydrogen-bond acceptors (Lipinski definition) is 6. The fraction of sp³-hybridized carbons (Fsp3) is 0.375. The van der Waals surface area contributed by atoms with Gasteiger partial charge < -0.3 is 9.84 Å². The Morgan fingerprint density at radius 3 is 2.87 bits per heavy atom. The van der Waals surface area contributed by atoms with Crippen LogP contribution in [0.5, 0.6) is 5.88 Å². The number of aromatic nitrogens is 3. The van der Waals surface area contributed by atoms with Crippen molar-refractivity contribution in [2.75, 3.05) is 13.7 Å². The van der Waals surface area contributed by atoms with Gasteiger partial charge in [0, 0.05) is 30.7 Å². The lowest BCUT2D eigenvalue weighted by molar-refractivity contribution is 0.0695. The van der Waals surface area contributed by atoms with Crippen molar-refractivity contribution in [2.24, 2.45) is 0 Å². The summed E-state index contributed by atoms with van der Waals surface area (Å²) >= 11 is 0. The van der Waals surface area contributed by atoms with E-state index in [4.69, 9.17) is 9.84 Å². The summed E-state index contributed by atoms with van der Waals surface area (Å²) < 4.78 is 5.30. The first-order chi connectivity index (χ1) is 11.2. The first-order valence-electron chi connectivity index (χ1n) is 7.46. The number of aromatic carboxylic acids is 1. The molecule has 0 aromatic carbocycles. The second kappa shape index (κ2) is 6.70. The predicted octanol–water partition coefficient (Wildman–Crippen LogP) is 1.92. The fourth-order valence-corrected chi connectivity index (χ4v) is 2.88. The Labute approximate surface area is 134 Å². The zero-order chi connectivity index (χ0) is 16.2. The molecule has 1 unspecified atom stereocenters. The maximum atomic E-state index is 10.9. The fourth-order valence-electron chi connectivity index (χ4n) is 2.88. The van der Waals surface area contributed by atoms with E-state index in [0.29, 0.717) is 18.2 Å². The average Bonchev–Trinajstić information content (AvgIpc) is 3.03. The van der Waals surface area contributed by atoms with Crippen LogP contribution in [0.4, 0.5) is 0 Å². The molecule has 3 rings (SSSR count). The van der Waals surface area contributed by atoms with Crippen molar-refractivity contribution in [1.82, 2.24) is 19.9 Å². The molecule has 0 bridgehead atoms. The van der Waals surface area contributed by atoms with Gasteiger partial charge in [0.1, 0.15) is 5.82 Å². The van der Waals surface area contributed by atoms with Crippen LogP contribution in [0, 0.1) is 0 Å². The van der Waals surface area contributed by atoms with E-state index in [9.17, 15) is 4.79 Å². The predicted molar refractivity (Wildman–Crippen MR) is 82.2 cm³/mol. The van der Waals surface area contributed by atoms with Crippen LogP contribution in [0.2, 0.25) is 0 Å². The van der Waals surface area contributed by atoms with Gasteiger partial charge in [0.15, 0.2) is 0 Å². The van der Waals surface area contributed by atoms with Gasteiger partial charge >= 0.3 is 5.97 Å². The number of carboxylic acid groups (broad SMARTS) is 1. The minimum Gasteiger partial charge on any atom is -0.481 e. The van der Waals surface area contributed by atoms with E-state index in [1.807, 2.05) is 12.1 Å². The van der Waals surface area contributed by atoms with Crippen molar-refractivity contribution in [2.45, 2.75) is 25.4 Å². The van der Waals surface area contributed by atoms with Gasteiger partial charge in [-0.1, -0.05) is 6.07 Å². The Morgan fingerprint density at radius 2 is 2.17 bits per heavy atom. The molecule has 0 spiro atoms. The molecular formula is C16H18N4O3. The molecule has 1 fully saturated rings. The number of rotatable bonds is 5. The lowest BCUT2D eigenvalue weighted by Gasteiger charge is -2.23. The first kappa shape index (κ1) is 15.4. The van der Waals surface area contributed by atoms with Gasteiger partial charge in [0.25, 0.3) is 0 Å². The molecule has 120 valence electrons. The van der Waals surface area contributed by atoms with Crippen LogP contribution < -0.4 is 4.74 Å². The molecule has 1 N–H and O–H groups in total. The Morgan fingerprint density at radius 1 is 1.39 bits per heavy atom. The summed E-state index contributed by atoms with van der Waals surface area (Å²) in [6.07, 6.45) is 6.45. The van der Waals surface area contributed by atoms with Crippen molar-refractivity contribution in [1.29, 1.82) is 0 Å². The van der Waals surface area contributed by atoms with Gasteiger partial charge in [0.2, 0.25) is 5.88 Å². The third-order valence-electron chi connectivity index (χ3n) is 4.00.